The highest BCUT2D eigenvalue weighted by atomic mass is 32.2. The van der Waals surface area contributed by atoms with Crippen LogP contribution in [0.4, 0.5) is 4.39 Å². The van der Waals surface area contributed by atoms with E-state index in [9.17, 15) is 18.5 Å². The second-order valence-electron chi connectivity index (χ2n) is 7.19. The van der Waals surface area contributed by atoms with Crippen LogP contribution in [0.15, 0.2) is 65.6 Å². The number of hydrogen-bond acceptors (Lipinski definition) is 3. The van der Waals surface area contributed by atoms with Gasteiger partial charge in [-0.25, -0.2) is 18.1 Å². The summed E-state index contributed by atoms with van der Waals surface area (Å²) >= 11 is 0. The second kappa shape index (κ2) is 10.3. The van der Waals surface area contributed by atoms with Crippen LogP contribution in [0.3, 0.4) is 0 Å². The standard InChI is InChI=1S/C24H24FNO4S/c1-16-13-22(14-23(17(16)2)24(27)28)31(29)26-12-11-18-5-9-21(10-6-18)30-15-19-3-7-20(25)8-4-19/h3-10,13-14,26H,11-12,15H2,1-2H3,(H,27,28). The van der Waals surface area contributed by atoms with Crippen LogP contribution in [-0.2, 0) is 24.0 Å². The van der Waals surface area contributed by atoms with Gasteiger partial charge in [-0.2, -0.15) is 0 Å². The minimum atomic E-state index is -1.50. The Morgan fingerprint density at radius 1 is 1.03 bits per heavy atom. The fourth-order valence-electron chi connectivity index (χ4n) is 3.03. The van der Waals surface area contributed by atoms with Gasteiger partial charge >= 0.3 is 5.97 Å². The number of rotatable bonds is 9. The van der Waals surface area contributed by atoms with Crippen molar-refractivity contribution < 1.29 is 23.2 Å². The van der Waals surface area contributed by atoms with E-state index < -0.39 is 17.0 Å². The van der Waals surface area contributed by atoms with E-state index in [-0.39, 0.29) is 11.4 Å². The van der Waals surface area contributed by atoms with Gasteiger partial charge in [0, 0.05) is 6.54 Å². The molecule has 7 heteroatoms. The van der Waals surface area contributed by atoms with Crippen molar-refractivity contribution in [2.75, 3.05) is 6.54 Å². The molecule has 162 valence electrons. The quantitative estimate of drug-likeness (QED) is 0.510. The molecule has 0 aromatic heterocycles. The fraction of sp³-hybridized carbons (Fsp3) is 0.208. The molecule has 0 aliphatic rings. The van der Waals surface area contributed by atoms with Crippen LogP contribution in [0, 0.1) is 19.7 Å². The number of carboxylic acids is 1. The summed E-state index contributed by atoms with van der Waals surface area (Å²) < 4.78 is 34.1. The highest BCUT2D eigenvalue weighted by Gasteiger charge is 2.14. The van der Waals surface area contributed by atoms with Crippen LogP contribution in [0.2, 0.25) is 0 Å². The summed E-state index contributed by atoms with van der Waals surface area (Å²) in [4.78, 5) is 11.8. The molecule has 0 aliphatic carbocycles. The molecule has 0 amide bonds. The van der Waals surface area contributed by atoms with E-state index in [1.54, 1.807) is 25.1 Å². The zero-order chi connectivity index (χ0) is 22.4. The summed E-state index contributed by atoms with van der Waals surface area (Å²) in [6.07, 6.45) is 0.653. The molecule has 0 spiro atoms. The smallest absolute Gasteiger partial charge is 0.336 e. The summed E-state index contributed by atoms with van der Waals surface area (Å²) in [6.45, 7) is 4.38. The molecule has 3 aromatic rings. The minimum Gasteiger partial charge on any atom is -0.489 e. The minimum absolute atomic E-state index is 0.168. The third kappa shape index (κ3) is 6.23. The maximum Gasteiger partial charge on any atom is 0.336 e. The molecule has 1 atom stereocenters. The number of aromatic carboxylic acids is 1. The maximum absolute atomic E-state index is 12.9. The van der Waals surface area contributed by atoms with Crippen molar-refractivity contribution in [2.24, 2.45) is 0 Å². The van der Waals surface area contributed by atoms with E-state index in [0.717, 1.165) is 16.7 Å². The largest absolute Gasteiger partial charge is 0.489 e. The molecular weight excluding hydrogens is 417 g/mol. The Morgan fingerprint density at radius 3 is 2.32 bits per heavy atom. The van der Waals surface area contributed by atoms with E-state index >= 15 is 0 Å². The molecule has 0 bridgehead atoms. The van der Waals surface area contributed by atoms with Gasteiger partial charge in [-0.1, -0.05) is 24.3 Å². The lowest BCUT2D eigenvalue weighted by atomic mass is 10.0. The van der Waals surface area contributed by atoms with Crippen molar-refractivity contribution in [1.29, 1.82) is 0 Å². The molecule has 2 N–H and O–H groups in total. The van der Waals surface area contributed by atoms with Crippen LogP contribution < -0.4 is 9.46 Å². The molecule has 3 rings (SSSR count). The van der Waals surface area contributed by atoms with Crippen molar-refractivity contribution >= 4 is 17.0 Å². The number of aryl methyl sites for hydroxylation is 1. The Morgan fingerprint density at radius 2 is 1.68 bits per heavy atom. The molecule has 0 saturated carbocycles. The van der Waals surface area contributed by atoms with Gasteiger partial charge < -0.3 is 9.84 Å². The predicted molar refractivity (Wildman–Crippen MR) is 118 cm³/mol. The summed E-state index contributed by atoms with van der Waals surface area (Å²) in [5.74, 6) is -0.593. The Balaban J connectivity index is 1.51. The molecular formula is C24H24FNO4S. The van der Waals surface area contributed by atoms with E-state index in [1.807, 2.05) is 31.2 Å². The molecule has 3 aromatic carbocycles. The van der Waals surface area contributed by atoms with Gasteiger partial charge in [0.15, 0.2) is 0 Å². The molecule has 31 heavy (non-hydrogen) atoms. The van der Waals surface area contributed by atoms with Gasteiger partial charge in [0.25, 0.3) is 0 Å². The van der Waals surface area contributed by atoms with E-state index in [2.05, 4.69) is 4.72 Å². The van der Waals surface area contributed by atoms with Gasteiger partial charge in [0.2, 0.25) is 0 Å². The Kier molecular flexibility index (Phi) is 7.55. The van der Waals surface area contributed by atoms with Crippen LogP contribution in [0.25, 0.3) is 0 Å². The number of ether oxygens (including phenoxy) is 1. The normalized spacial score (nSPS) is 11.8. The molecule has 0 aliphatic heterocycles. The lowest BCUT2D eigenvalue weighted by molar-refractivity contribution is 0.0695. The number of carbonyl (C=O) groups is 1. The number of nitrogens with one attached hydrogen (secondary N) is 1. The second-order valence-corrected chi connectivity index (χ2v) is 8.49. The van der Waals surface area contributed by atoms with Crippen LogP contribution >= 0.6 is 0 Å². The maximum atomic E-state index is 12.9. The van der Waals surface area contributed by atoms with Gasteiger partial charge in [-0.05, 0) is 78.9 Å². The van der Waals surface area contributed by atoms with E-state index in [4.69, 9.17) is 4.74 Å². The van der Waals surface area contributed by atoms with Crippen molar-refractivity contribution in [1.82, 2.24) is 4.72 Å². The number of hydrogen-bond donors (Lipinski definition) is 2. The number of carboxylic acid groups (broad SMARTS) is 1. The topological polar surface area (TPSA) is 75.6 Å². The summed E-state index contributed by atoms with van der Waals surface area (Å²) in [7, 11) is -1.50. The first-order chi connectivity index (χ1) is 14.8. The van der Waals surface area contributed by atoms with Gasteiger partial charge in [-0.15, -0.1) is 0 Å². The van der Waals surface area contributed by atoms with Crippen LogP contribution in [-0.4, -0.2) is 21.8 Å². The highest BCUT2D eigenvalue weighted by molar-refractivity contribution is 7.83. The van der Waals surface area contributed by atoms with Crippen molar-refractivity contribution in [3.63, 3.8) is 0 Å². The average Bonchev–Trinajstić information content (AvgIpc) is 2.75. The van der Waals surface area contributed by atoms with Crippen molar-refractivity contribution in [3.05, 3.63) is 94.3 Å². The van der Waals surface area contributed by atoms with Crippen molar-refractivity contribution in [3.8, 4) is 5.75 Å². The van der Waals surface area contributed by atoms with Gasteiger partial charge in [-0.3, -0.25) is 0 Å². The predicted octanol–water partition coefficient (Wildman–Crippen LogP) is 4.57. The van der Waals surface area contributed by atoms with E-state index in [1.165, 1.54) is 18.2 Å². The number of benzene rings is 3. The lowest BCUT2D eigenvalue weighted by Crippen LogP contribution is -2.21. The summed E-state index contributed by atoms with van der Waals surface area (Å²) in [5, 5.41) is 9.31. The van der Waals surface area contributed by atoms with E-state index in [0.29, 0.717) is 35.8 Å². The van der Waals surface area contributed by atoms with Crippen LogP contribution in [0.1, 0.15) is 32.6 Å². The molecule has 0 fully saturated rings. The molecule has 0 saturated heterocycles. The first-order valence-electron chi connectivity index (χ1n) is 9.79. The lowest BCUT2D eigenvalue weighted by Gasteiger charge is -2.10. The molecule has 0 radical (unpaired) electrons. The Bertz CT molecular complexity index is 1080. The first-order valence-corrected chi connectivity index (χ1v) is 10.9. The van der Waals surface area contributed by atoms with Crippen molar-refractivity contribution in [2.45, 2.75) is 31.8 Å². The monoisotopic (exact) mass is 441 g/mol. The molecule has 5 nitrogen and oxygen atoms in total. The average molecular weight is 442 g/mol. The Labute approximate surface area is 183 Å². The van der Waals surface area contributed by atoms with Gasteiger partial charge in [0.05, 0.1) is 10.5 Å². The summed E-state index contributed by atoms with van der Waals surface area (Å²) in [6, 6.07) is 17.0. The zero-order valence-electron chi connectivity index (χ0n) is 17.4. The van der Waals surface area contributed by atoms with Gasteiger partial charge in [0.1, 0.15) is 29.2 Å². The first kappa shape index (κ1) is 22.7. The number of halogens is 1. The fourth-order valence-corrected chi connectivity index (χ4v) is 3.99. The highest BCUT2D eigenvalue weighted by Crippen LogP contribution is 2.19. The third-order valence-electron chi connectivity index (χ3n) is 4.97. The molecule has 0 heterocycles. The summed E-state index contributed by atoms with van der Waals surface area (Å²) in [5.41, 5.74) is 3.57. The Hall–Kier alpha value is -3.03. The molecule has 1 unspecified atom stereocenters. The zero-order valence-corrected chi connectivity index (χ0v) is 18.2. The van der Waals surface area contributed by atoms with Crippen LogP contribution in [0.5, 0.6) is 5.75 Å². The SMILES string of the molecule is Cc1cc(S(=O)NCCc2ccc(OCc3ccc(F)cc3)cc2)cc(C(=O)O)c1C. The third-order valence-corrected chi connectivity index (χ3v) is 6.10.